The van der Waals surface area contributed by atoms with Gasteiger partial charge in [0.05, 0.1) is 0 Å². The van der Waals surface area contributed by atoms with Gasteiger partial charge in [0.25, 0.3) is 0 Å². The largest absolute Gasteiger partial charge is 0.367 e. The van der Waals surface area contributed by atoms with E-state index in [0.29, 0.717) is 6.04 Å². The van der Waals surface area contributed by atoms with E-state index in [-0.39, 0.29) is 41.8 Å². The van der Waals surface area contributed by atoms with E-state index < -0.39 is 0 Å². The van der Waals surface area contributed by atoms with Crippen LogP contribution in [0.25, 0.3) is 0 Å². The predicted octanol–water partition coefficient (Wildman–Crippen LogP) is 2.48. The van der Waals surface area contributed by atoms with E-state index in [2.05, 4.69) is 51.7 Å². The Morgan fingerprint density at radius 1 is 1.32 bits per heavy atom. The molecule has 3 rings (SSSR count). The van der Waals surface area contributed by atoms with Gasteiger partial charge in [-0.1, -0.05) is 32.0 Å². The maximum Gasteiger partial charge on any atom is 0.225 e. The predicted molar refractivity (Wildman–Crippen MR) is 127 cm³/mol. The Bertz CT molecular complexity index is 693. The summed E-state index contributed by atoms with van der Waals surface area (Å²) >= 11 is 0. The van der Waals surface area contributed by atoms with Crippen molar-refractivity contribution in [2.45, 2.75) is 45.7 Å². The quantitative estimate of drug-likeness (QED) is 0.372. The second-order valence-electron chi connectivity index (χ2n) is 7.94. The van der Waals surface area contributed by atoms with E-state index >= 15 is 0 Å². The molecule has 1 fully saturated rings. The van der Waals surface area contributed by atoms with Gasteiger partial charge in [-0.15, -0.1) is 24.0 Å². The van der Waals surface area contributed by atoms with E-state index in [9.17, 15) is 4.79 Å². The van der Waals surface area contributed by atoms with Crippen molar-refractivity contribution in [2.24, 2.45) is 10.9 Å². The summed E-state index contributed by atoms with van der Waals surface area (Å²) in [5.41, 5.74) is 2.79. The first-order chi connectivity index (χ1) is 13.0. The third-order valence-electron chi connectivity index (χ3n) is 5.55. The number of halogens is 1. The summed E-state index contributed by atoms with van der Waals surface area (Å²) in [6.45, 7) is 9.57. The number of amides is 1. The number of para-hydroxylation sites is 1. The lowest BCUT2D eigenvalue weighted by molar-refractivity contribution is -0.133. The van der Waals surface area contributed by atoms with Crippen molar-refractivity contribution in [3.63, 3.8) is 0 Å². The number of benzene rings is 1. The molecule has 1 aromatic carbocycles. The SMILES string of the molecule is CN=C(NCCN1c2ccccc2CC1C)NC1CCN(C(=O)C(C)C)C1.I. The van der Waals surface area contributed by atoms with Crippen LogP contribution in [-0.4, -0.2) is 62.1 Å². The lowest BCUT2D eigenvalue weighted by Gasteiger charge is -2.26. The van der Waals surface area contributed by atoms with Crippen molar-refractivity contribution in [3.05, 3.63) is 29.8 Å². The van der Waals surface area contributed by atoms with E-state index in [1.54, 1.807) is 7.05 Å². The Morgan fingerprint density at radius 3 is 2.79 bits per heavy atom. The number of carbonyl (C=O) groups excluding carboxylic acids is 1. The summed E-state index contributed by atoms with van der Waals surface area (Å²) in [7, 11) is 1.80. The van der Waals surface area contributed by atoms with Crippen molar-refractivity contribution < 1.29 is 4.79 Å². The van der Waals surface area contributed by atoms with Gasteiger partial charge in [0.2, 0.25) is 5.91 Å². The molecule has 2 N–H and O–H groups in total. The van der Waals surface area contributed by atoms with Crippen LogP contribution >= 0.6 is 24.0 Å². The molecule has 1 saturated heterocycles. The summed E-state index contributed by atoms with van der Waals surface area (Å²) in [6.07, 6.45) is 2.08. The first kappa shape index (κ1) is 22.8. The number of nitrogens with zero attached hydrogens (tertiary/aromatic N) is 3. The van der Waals surface area contributed by atoms with Gasteiger partial charge in [-0.2, -0.15) is 0 Å². The zero-order valence-electron chi connectivity index (χ0n) is 17.4. The Morgan fingerprint density at radius 2 is 2.07 bits per heavy atom. The first-order valence-electron chi connectivity index (χ1n) is 10.1. The molecule has 1 amide bonds. The molecule has 2 aliphatic heterocycles. The van der Waals surface area contributed by atoms with Gasteiger partial charge >= 0.3 is 0 Å². The van der Waals surface area contributed by atoms with Crippen molar-refractivity contribution in [3.8, 4) is 0 Å². The number of fused-ring (bicyclic) bond motifs is 1. The fourth-order valence-electron chi connectivity index (χ4n) is 4.10. The second kappa shape index (κ2) is 10.3. The number of nitrogens with one attached hydrogen (secondary N) is 2. The number of hydrogen-bond acceptors (Lipinski definition) is 3. The summed E-state index contributed by atoms with van der Waals surface area (Å²) in [5.74, 6) is 1.12. The summed E-state index contributed by atoms with van der Waals surface area (Å²) in [5, 5.41) is 6.91. The zero-order valence-corrected chi connectivity index (χ0v) is 19.8. The third-order valence-corrected chi connectivity index (χ3v) is 5.55. The molecule has 2 aliphatic rings. The van der Waals surface area contributed by atoms with Gasteiger partial charge in [0, 0.05) is 56.9 Å². The maximum absolute atomic E-state index is 12.1. The van der Waals surface area contributed by atoms with Gasteiger partial charge in [0.1, 0.15) is 0 Å². The minimum atomic E-state index is 0. The zero-order chi connectivity index (χ0) is 19.4. The van der Waals surface area contributed by atoms with Gasteiger partial charge in [-0.05, 0) is 31.4 Å². The number of carbonyl (C=O) groups is 1. The van der Waals surface area contributed by atoms with E-state index in [1.165, 1.54) is 11.3 Å². The smallest absolute Gasteiger partial charge is 0.225 e. The fourth-order valence-corrected chi connectivity index (χ4v) is 4.10. The molecule has 0 spiro atoms. The molecular formula is C21H34IN5O. The number of anilines is 1. The van der Waals surface area contributed by atoms with Crippen molar-refractivity contribution in [1.29, 1.82) is 0 Å². The molecule has 0 aliphatic carbocycles. The summed E-state index contributed by atoms with van der Waals surface area (Å²) < 4.78 is 0. The molecule has 7 heteroatoms. The van der Waals surface area contributed by atoms with Gasteiger partial charge in [-0.3, -0.25) is 9.79 Å². The lowest BCUT2D eigenvalue weighted by Crippen LogP contribution is -2.47. The standard InChI is InChI=1S/C21H33N5O.HI/c1-15(2)20(27)25-11-9-18(14-25)24-21(22-4)23-10-12-26-16(3)13-17-7-5-6-8-19(17)26;/h5-8,15-16,18H,9-14H2,1-4H3,(H2,22,23,24);1H. The number of likely N-dealkylation sites (tertiary alicyclic amines) is 1. The van der Waals surface area contributed by atoms with E-state index in [0.717, 1.165) is 45.0 Å². The minimum Gasteiger partial charge on any atom is -0.367 e. The van der Waals surface area contributed by atoms with Crippen LogP contribution in [0, 0.1) is 5.92 Å². The topological polar surface area (TPSA) is 60.0 Å². The average molecular weight is 499 g/mol. The highest BCUT2D eigenvalue weighted by molar-refractivity contribution is 14.0. The highest BCUT2D eigenvalue weighted by atomic mass is 127. The number of aliphatic imine (C=N–C) groups is 1. The molecule has 1 aromatic rings. The molecule has 0 saturated carbocycles. The van der Waals surface area contributed by atoms with Crippen LogP contribution < -0.4 is 15.5 Å². The van der Waals surface area contributed by atoms with Gasteiger partial charge in [0.15, 0.2) is 5.96 Å². The van der Waals surface area contributed by atoms with Crippen molar-refractivity contribution in [1.82, 2.24) is 15.5 Å². The number of hydrogen-bond donors (Lipinski definition) is 2. The third kappa shape index (κ3) is 5.30. The Balaban J connectivity index is 0.00000280. The van der Waals surface area contributed by atoms with Crippen LogP contribution in [0.5, 0.6) is 0 Å². The molecule has 6 nitrogen and oxygen atoms in total. The average Bonchev–Trinajstić information content (AvgIpc) is 3.24. The molecule has 2 atom stereocenters. The number of guanidine groups is 1. The Hall–Kier alpha value is -1.51. The molecule has 0 bridgehead atoms. The summed E-state index contributed by atoms with van der Waals surface area (Å²) in [4.78, 5) is 20.9. The van der Waals surface area contributed by atoms with Crippen LogP contribution in [0.2, 0.25) is 0 Å². The minimum absolute atomic E-state index is 0. The highest BCUT2D eigenvalue weighted by Crippen LogP contribution is 2.31. The van der Waals surface area contributed by atoms with Crippen LogP contribution in [-0.2, 0) is 11.2 Å². The first-order valence-corrected chi connectivity index (χ1v) is 10.1. The molecule has 156 valence electrons. The van der Waals surface area contributed by atoms with Crippen LogP contribution in [0.1, 0.15) is 32.8 Å². The summed E-state index contributed by atoms with van der Waals surface area (Å²) in [6, 6.07) is 9.47. The fraction of sp³-hybridized carbons (Fsp3) is 0.619. The Kier molecular flexibility index (Phi) is 8.39. The molecule has 2 heterocycles. The monoisotopic (exact) mass is 499 g/mol. The van der Waals surface area contributed by atoms with Gasteiger partial charge in [-0.25, -0.2) is 0 Å². The van der Waals surface area contributed by atoms with Crippen LogP contribution in [0.15, 0.2) is 29.3 Å². The maximum atomic E-state index is 12.1. The van der Waals surface area contributed by atoms with Gasteiger partial charge < -0.3 is 20.4 Å². The number of rotatable bonds is 5. The second-order valence-corrected chi connectivity index (χ2v) is 7.94. The molecule has 2 unspecified atom stereocenters. The lowest BCUT2D eigenvalue weighted by atomic mass is 10.1. The highest BCUT2D eigenvalue weighted by Gasteiger charge is 2.28. The normalized spacial score (nSPS) is 21.5. The van der Waals surface area contributed by atoms with E-state index in [4.69, 9.17) is 0 Å². The van der Waals surface area contributed by atoms with Crippen LogP contribution in [0.4, 0.5) is 5.69 Å². The molecule has 0 aromatic heterocycles. The van der Waals surface area contributed by atoms with E-state index in [1.807, 2.05) is 18.7 Å². The van der Waals surface area contributed by atoms with Crippen LogP contribution in [0.3, 0.4) is 0 Å². The molecular weight excluding hydrogens is 465 g/mol. The molecule has 0 radical (unpaired) electrons. The Labute approximate surface area is 186 Å². The van der Waals surface area contributed by atoms with Crippen molar-refractivity contribution in [2.75, 3.05) is 38.1 Å². The van der Waals surface area contributed by atoms with Crippen molar-refractivity contribution >= 4 is 41.5 Å². The molecule has 28 heavy (non-hydrogen) atoms.